The normalized spacial score (nSPS) is 10.9. The zero-order chi connectivity index (χ0) is 15.0. The highest BCUT2D eigenvalue weighted by Crippen LogP contribution is 2.35. The highest BCUT2D eigenvalue weighted by atomic mass is 79.9. The average molecular weight is 400 g/mol. The number of hydrogen-bond donors (Lipinski definition) is 0. The average Bonchev–Trinajstić information content (AvgIpc) is 2.86. The van der Waals surface area contributed by atoms with Gasteiger partial charge in [0.15, 0.2) is 5.82 Å². The molecule has 21 heavy (non-hydrogen) atoms. The quantitative estimate of drug-likeness (QED) is 0.476. The number of aromatic nitrogens is 2. The summed E-state index contributed by atoms with van der Waals surface area (Å²) in [5.74, 6) is 0.560. The van der Waals surface area contributed by atoms with Crippen LogP contribution in [-0.4, -0.2) is 9.97 Å². The van der Waals surface area contributed by atoms with Crippen molar-refractivity contribution in [3.63, 3.8) is 0 Å². The van der Waals surface area contributed by atoms with Gasteiger partial charge < -0.3 is 0 Å². The molecule has 0 aliphatic heterocycles. The summed E-state index contributed by atoms with van der Waals surface area (Å²) >= 11 is 17.7. The molecule has 2 nitrogen and oxygen atoms in total. The van der Waals surface area contributed by atoms with Crippen LogP contribution in [0.25, 0.3) is 22.5 Å². The molecule has 106 valence electrons. The van der Waals surface area contributed by atoms with Gasteiger partial charge in [-0.3, -0.25) is 0 Å². The maximum atomic E-state index is 6.33. The minimum Gasteiger partial charge on any atom is -0.216 e. The van der Waals surface area contributed by atoms with Crippen LogP contribution < -0.4 is 0 Å². The van der Waals surface area contributed by atoms with Gasteiger partial charge in [-0.2, -0.15) is 11.3 Å². The fraction of sp³-hybridized carbons (Fsp3) is 0.0667. The molecule has 0 amide bonds. The Labute approximate surface area is 144 Å². The number of hydrogen-bond acceptors (Lipinski definition) is 3. The molecule has 0 bridgehead atoms. The van der Waals surface area contributed by atoms with Crippen molar-refractivity contribution in [2.75, 3.05) is 0 Å². The van der Waals surface area contributed by atoms with Crippen LogP contribution in [0.2, 0.25) is 10.3 Å². The first-order valence-electron chi connectivity index (χ1n) is 6.08. The summed E-state index contributed by atoms with van der Waals surface area (Å²) in [6.45, 7) is 2.01. The van der Waals surface area contributed by atoms with Gasteiger partial charge in [-0.15, -0.1) is 0 Å². The molecule has 2 heterocycles. The van der Waals surface area contributed by atoms with Crippen molar-refractivity contribution in [3.8, 4) is 22.5 Å². The topological polar surface area (TPSA) is 25.8 Å². The van der Waals surface area contributed by atoms with Gasteiger partial charge in [0.25, 0.3) is 0 Å². The van der Waals surface area contributed by atoms with Crippen molar-refractivity contribution >= 4 is 50.5 Å². The zero-order valence-corrected chi connectivity index (χ0v) is 14.8. The Bertz CT molecular complexity index is 777. The zero-order valence-electron chi connectivity index (χ0n) is 10.9. The predicted octanol–water partition coefficient (Wildman–Crippen LogP) is 6.25. The summed E-state index contributed by atoms with van der Waals surface area (Å²) in [7, 11) is 0. The lowest BCUT2D eigenvalue weighted by Gasteiger charge is -2.08. The Morgan fingerprint density at radius 1 is 1.00 bits per heavy atom. The van der Waals surface area contributed by atoms with Crippen LogP contribution >= 0.6 is 50.5 Å². The van der Waals surface area contributed by atoms with Crippen molar-refractivity contribution in [1.29, 1.82) is 0 Å². The van der Waals surface area contributed by atoms with E-state index < -0.39 is 0 Å². The van der Waals surface area contributed by atoms with Gasteiger partial charge in [0.1, 0.15) is 10.3 Å². The Morgan fingerprint density at radius 3 is 2.14 bits per heavy atom. The summed E-state index contributed by atoms with van der Waals surface area (Å²) in [5, 5.41) is 4.76. The molecule has 1 aromatic carbocycles. The van der Waals surface area contributed by atoms with Crippen LogP contribution in [0.5, 0.6) is 0 Å². The van der Waals surface area contributed by atoms with Crippen molar-refractivity contribution in [2.24, 2.45) is 0 Å². The first kappa shape index (κ1) is 15.0. The molecule has 0 N–H and O–H groups in total. The number of thiophene rings is 1. The van der Waals surface area contributed by atoms with Crippen LogP contribution in [0.3, 0.4) is 0 Å². The Balaban J connectivity index is 2.13. The van der Waals surface area contributed by atoms with Gasteiger partial charge >= 0.3 is 0 Å². The van der Waals surface area contributed by atoms with Crippen LogP contribution in [0, 0.1) is 6.92 Å². The lowest BCUT2D eigenvalue weighted by molar-refractivity contribution is 1.17. The van der Waals surface area contributed by atoms with E-state index in [1.54, 1.807) is 11.3 Å². The number of benzene rings is 1. The first-order chi connectivity index (χ1) is 10.1. The molecular weight excluding hydrogens is 391 g/mol. The van der Waals surface area contributed by atoms with Crippen molar-refractivity contribution in [1.82, 2.24) is 9.97 Å². The van der Waals surface area contributed by atoms with Gasteiger partial charge in [-0.25, -0.2) is 9.97 Å². The van der Waals surface area contributed by atoms with E-state index in [4.69, 9.17) is 23.2 Å². The third-order valence-electron chi connectivity index (χ3n) is 3.05. The molecule has 6 heteroatoms. The molecule has 0 atom stereocenters. The van der Waals surface area contributed by atoms with Crippen molar-refractivity contribution in [3.05, 3.63) is 55.4 Å². The second-order valence-electron chi connectivity index (χ2n) is 4.48. The van der Waals surface area contributed by atoms with Gasteiger partial charge in [-0.05, 0) is 35.6 Å². The van der Waals surface area contributed by atoms with Gasteiger partial charge in [0, 0.05) is 15.4 Å². The number of halogens is 3. The summed E-state index contributed by atoms with van der Waals surface area (Å²) in [6, 6.07) is 7.71. The molecule has 0 fully saturated rings. The second kappa shape index (κ2) is 6.05. The summed E-state index contributed by atoms with van der Waals surface area (Å²) in [6.07, 6.45) is 0. The molecular formula is C15H9BrCl2N2S. The monoisotopic (exact) mass is 398 g/mol. The lowest BCUT2D eigenvalue weighted by atomic mass is 10.1. The summed E-state index contributed by atoms with van der Waals surface area (Å²) in [5.41, 5.74) is 3.62. The van der Waals surface area contributed by atoms with E-state index >= 15 is 0 Å². The molecule has 0 saturated carbocycles. The minimum absolute atomic E-state index is 0.359. The lowest BCUT2D eigenvalue weighted by Crippen LogP contribution is -1.94. The van der Waals surface area contributed by atoms with Crippen molar-refractivity contribution < 1.29 is 0 Å². The largest absolute Gasteiger partial charge is 0.216 e. The highest BCUT2D eigenvalue weighted by molar-refractivity contribution is 9.10. The minimum atomic E-state index is 0.359. The molecule has 0 aliphatic carbocycles. The number of rotatable bonds is 2. The third-order valence-corrected chi connectivity index (χ3v) is 4.99. The first-order valence-corrected chi connectivity index (χ1v) is 8.57. The van der Waals surface area contributed by atoms with E-state index in [0.29, 0.717) is 21.7 Å². The molecule has 0 aliphatic rings. The molecule has 0 unspecified atom stereocenters. The fourth-order valence-corrected chi connectivity index (χ4v) is 3.67. The Hall–Kier alpha value is -0.940. The van der Waals surface area contributed by atoms with Gasteiger partial charge in [0.05, 0.1) is 5.56 Å². The van der Waals surface area contributed by atoms with Crippen LogP contribution in [0.4, 0.5) is 0 Å². The molecule has 0 radical (unpaired) electrons. The summed E-state index contributed by atoms with van der Waals surface area (Å²) in [4.78, 5) is 8.80. The van der Waals surface area contributed by atoms with E-state index in [9.17, 15) is 0 Å². The van der Waals surface area contributed by atoms with Crippen molar-refractivity contribution in [2.45, 2.75) is 6.92 Å². The van der Waals surface area contributed by atoms with Gasteiger partial charge in [-0.1, -0.05) is 51.3 Å². The maximum Gasteiger partial charge on any atom is 0.163 e. The van der Waals surface area contributed by atoms with E-state index in [1.165, 1.54) is 0 Å². The Morgan fingerprint density at radius 2 is 1.62 bits per heavy atom. The van der Waals surface area contributed by atoms with E-state index in [2.05, 4.69) is 25.9 Å². The molecule has 3 aromatic rings. The SMILES string of the molecule is Cc1cscc1-c1nc(Cl)c(-c2ccc(Br)cc2)c(Cl)n1. The molecule has 3 rings (SSSR count). The van der Waals surface area contributed by atoms with E-state index in [1.807, 2.05) is 41.9 Å². The predicted molar refractivity (Wildman–Crippen MR) is 93.2 cm³/mol. The second-order valence-corrected chi connectivity index (χ2v) is 6.85. The Kier molecular flexibility index (Phi) is 4.31. The van der Waals surface area contributed by atoms with E-state index in [0.717, 1.165) is 21.2 Å². The smallest absolute Gasteiger partial charge is 0.163 e. The molecule has 0 saturated heterocycles. The fourth-order valence-electron chi connectivity index (χ4n) is 1.97. The van der Waals surface area contributed by atoms with Crippen LogP contribution in [0.15, 0.2) is 39.5 Å². The maximum absolute atomic E-state index is 6.33. The van der Waals surface area contributed by atoms with Crippen LogP contribution in [-0.2, 0) is 0 Å². The highest BCUT2D eigenvalue weighted by Gasteiger charge is 2.16. The molecule has 2 aromatic heterocycles. The summed E-state index contributed by atoms with van der Waals surface area (Å²) < 4.78 is 0.991. The van der Waals surface area contributed by atoms with Crippen LogP contribution in [0.1, 0.15) is 5.56 Å². The number of nitrogens with zero attached hydrogens (tertiary/aromatic N) is 2. The number of aryl methyl sites for hydroxylation is 1. The molecule has 0 spiro atoms. The standard InChI is InChI=1S/C15H9BrCl2N2S/c1-8-6-21-7-11(8)15-19-13(17)12(14(18)20-15)9-2-4-10(16)5-3-9/h2-7H,1H3. The van der Waals surface area contributed by atoms with E-state index in [-0.39, 0.29) is 0 Å². The third kappa shape index (κ3) is 2.99. The van der Waals surface area contributed by atoms with Gasteiger partial charge in [0.2, 0.25) is 0 Å².